The molecule has 1 aliphatic heterocycles. The quantitative estimate of drug-likeness (QED) is 0.776. The number of likely N-dealkylation sites (tertiary alicyclic amines) is 1. The summed E-state index contributed by atoms with van der Waals surface area (Å²) in [5.41, 5.74) is 1.03. The van der Waals surface area contributed by atoms with Crippen molar-refractivity contribution in [3.63, 3.8) is 0 Å². The molecule has 0 spiro atoms. The van der Waals surface area contributed by atoms with Gasteiger partial charge in [0.2, 0.25) is 5.91 Å². The van der Waals surface area contributed by atoms with Gasteiger partial charge in [-0.3, -0.25) is 14.3 Å². The molecular formula is C20H26N4O2S. The molecule has 1 N–H and O–H groups in total. The zero-order valence-electron chi connectivity index (χ0n) is 15.6. The highest BCUT2D eigenvalue weighted by molar-refractivity contribution is 7.71. The van der Waals surface area contributed by atoms with E-state index in [1.54, 1.807) is 7.11 Å². The molecule has 0 bridgehead atoms. The number of piperidine rings is 1. The highest BCUT2D eigenvalue weighted by Gasteiger charge is 2.31. The SMILES string of the molecule is COc1ccc(-n2ccn(CN3CCC(NC(=O)C4CC4)CC3)c2=S)cc1. The van der Waals surface area contributed by atoms with Crippen LogP contribution < -0.4 is 10.1 Å². The molecule has 1 aromatic carbocycles. The summed E-state index contributed by atoms with van der Waals surface area (Å²) in [5.74, 6) is 1.38. The van der Waals surface area contributed by atoms with Gasteiger partial charge in [-0.1, -0.05) is 0 Å². The molecule has 1 saturated heterocycles. The second-order valence-electron chi connectivity index (χ2n) is 7.44. The first kappa shape index (κ1) is 18.3. The maximum absolute atomic E-state index is 11.9. The van der Waals surface area contributed by atoms with Crippen LogP contribution in [0.25, 0.3) is 5.69 Å². The number of hydrogen-bond donors (Lipinski definition) is 1. The lowest BCUT2D eigenvalue weighted by molar-refractivity contribution is -0.123. The standard InChI is InChI=1S/C20H26N4O2S/c1-26-18-6-4-17(5-7-18)24-13-12-23(20(24)27)14-22-10-8-16(9-11-22)21-19(25)15-2-3-15/h4-7,12-13,15-16H,2-3,8-11,14H2,1H3,(H,21,25). The highest BCUT2D eigenvalue weighted by Crippen LogP contribution is 2.29. The molecule has 1 saturated carbocycles. The van der Waals surface area contributed by atoms with E-state index >= 15 is 0 Å². The Morgan fingerprint density at radius 2 is 1.85 bits per heavy atom. The summed E-state index contributed by atoms with van der Waals surface area (Å²) in [6, 6.07) is 8.22. The number of nitrogens with zero attached hydrogens (tertiary/aromatic N) is 3. The van der Waals surface area contributed by atoms with E-state index in [0.717, 1.165) is 61.6 Å². The van der Waals surface area contributed by atoms with E-state index in [0.29, 0.717) is 12.0 Å². The van der Waals surface area contributed by atoms with Gasteiger partial charge in [0.15, 0.2) is 4.77 Å². The largest absolute Gasteiger partial charge is 0.497 e. The molecule has 2 aliphatic rings. The Morgan fingerprint density at radius 1 is 1.15 bits per heavy atom. The van der Waals surface area contributed by atoms with Crippen molar-refractivity contribution in [2.45, 2.75) is 38.4 Å². The Bertz CT molecular complexity index is 846. The lowest BCUT2D eigenvalue weighted by Gasteiger charge is -2.32. The van der Waals surface area contributed by atoms with Crippen LogP contribution in [0.4, 0.5) is 0 Å². The number of carbonyl (C=O) groups is 1. The van der Waals surface area contributed by atoms with Gasteiger partial charge in [-0.05, 0) is 62.2 Å². The third kappa shape index (κ3) is 4.25. The fourth-order valence-electron chi connectivity index (χ4n) is 3.56. The maximum atomic E-state index is 11.9. The van der Waals surface area contributed by atoms with E-state index < -0.39 is 0 Å². The van der Waals surface area contributed by atoms with Gasteiger partial charge in [-0.2, -0.15) is 0 Å². The summed E-state index contributed by atoms with van der Waals surface area (Å²) in [5, 5.41) is 3.20. The van der Waals surface area contributed by atoms with Gasteiger partial charge in [0.1, 0.15) is 5.75 Å². The number of hydrogen-bond acceptors (Lipinski definition) is 4. The molecule has 144 valence electrons. The first-order valence-corrected chi connectivity index (χ1v) is 10.00. The summed E-state index contributed by atoms with van der Waals surface area (Å²) < 4.78 is 10.1. The number of rotatable bonds is 6. The Balaban J connectivity index is 1.34. The summed E-state index contributed by atoms with van der Waals surface area (Å²) in [7, 11) is 1.66. The van der Waals surface area contributed by atoms with Gasteiger partial charge >= 0.3 is 0 Å². The summed E-state index contributed by atoms with van der Waals surface area (Å²) in [6.45, 7) is 2.74. The number of ether oxygens (including phenoxy) is 1. The summed E-state index contributed by atoms with van der Waals surface area (Å²) >= 11 is 5.66. The normalized spacial score (nSPS) is 18.4. The number of benzene rings is 1. The first-order chi connectivity index (χ1) is 13.1. The first-order valence-electron chi connectivity index (χ1n) is 9.59. The Hall–Kier alpha value is -2.12. The monoisotopic (exact) mass is 386 g/mol. The van der Waals surface area contributed by atoms with E-state index in [1.165, 1.54) is 0 Å². The van der Waals surface area contributed by atoms with Crippen LogP contribution >= 0.6 is 12.2 Å². The minimum atomic E-state index is 0.257. The molecule has 2 aromatic rings. The molecule has 6 nitrogen and oxygen atoms in total. The molecule has 1 aliphatic carbocycles. The van der Waals surface area contributed by atoms with Gasteiger partial charge in [-0.15, -0.1) is 0 Å². The zero-order chi connectivity index (χ0) is 18.8. The van der Waals surface area contributed by atoms with Crippen LogP contribution in [0.15, 0.2) is 36.7 Å². The molecule has 27 heavy (non-hydrogen) atoms. The van der Waals surface area contributed by atoms with Gasteiger partial charge in [0.05, 0.1) is 13.8 Å². The molecular weight excluding hydrogens is 360 g/mol. The van der Waals surface area contributed by atoms with Crippen LogP contribution in [0.5, 0.6) is 5.75 Å². The minimum Gasteiger partial charge on any atom is -0.497 e. The summed E-state index contributed by atoms with van der Waals surface area (Å²) in [6.07, 6.45) is 8.18. The minimum absolute atomic E-state index is 0.257. The van der Waals surface area contributed by atoms with Crippen molar-refractivity contribution < 1.29 is 9.53 Å². The molecule has 4 rings (SSSR count). The fourth-order valence-corrected chi connectivity index (χ4v) is 3.84. The van der Waals surface area contributed by atoms with Crippen molar-refractivity contribution in [1.82, 2.24) is 19.4 Å². The van der Waals surface area contributed by atoms with E-state index in [1.807, 2.05) is 41.2 Å². The van der Waals surface area contributed by atoms with Crippen molar-refractivity contribution in [3.8, 4) is 11.4 Å². The molecule has 1 amide bonds. The van der Waals surface area contributed by atoms with E-state index in [2.05, 4.69) is 14.8 Å². The molecule has 0 unspecified atom stereocenters. The van der Waals surface area contributed by atoms with Crippen molar-refractivity contribution in [1.29, 1.82) is 0 Å². The molecule has 0 atom stereocenters. The van der Waals surface area contributed by atoms with Crippen LogP contribution in [-0.4, -0.2) is 46.2 Å². The second kappa shape index (κ2) is 7.86. The number of nitrogens with one attached hydrogen (secondary N) is 1. The zero-order valence-corrected chi connectivity index (χ0v) is 16.5. The van der Waals surface area contributed by atoms with Gasteiger partial charge in [0, 0.05) is 43.1 Å². The smallest absolute Gasteiger partial charge is 0.223 e. The van der Waals surface area contributed by atoms with Crippen LogP contribution in [0.2, 0.25) is 0 Å². The lowest BCUT2D eigenvalue weighted by atomic mass is 10.1. The highest BCUT2D eigenvalue weighted by atomic mass is 32.1. The molecule has 1 aromatic heterocycles. The van der Waals surface area contributed by atoms with E-state index in [4.69, 9.17) is 17.0 Å². The van der Waals surface area contributed by atoms with Crippen molar-refractivity contribution >= 4 is 18.1 Å². The lowest BCUT2D eigenvalue weighted by Crippen LogP contribution is -2.45. The van der Waals surface area contributed by atoms with Crippen LogP contribution in [-0.2, 0) is 11.5 Å². The van der Waals surface area contributed by atoms with E-state index in [9.17, 15) is 4.79 Å². The molecule has 2 heterocycles. The number of imidazole rings is 1. The average Bonchev–Trinajstić information content (AvgIpc) is 3.49. The van der Waals surface area contributed by atoms with E-state index in [-0.39, 0.29) is 5.91 Å². The van der Waals surface area contributed by atoms with Crippen molar-refractivity contribution in [2.75, 3.05) is 20.2 Å². The Kier molecular flexibility index (Phi) is 5.31. The molecule has 0 radical (unpaired) electrons. The number of amides is 1. The van der Waals surface area contributed by atoms with Crippen molar-refractivity contribution in [2.24, 2.45) is 5.92 Å². The number of carbonyl (C=O) groups excluding carboxylic acids is 1. The van der Waals surface area contributed by atoms with Crippen molar-refractivity contribution in [3.05, 3.63) is 41.4 Å². The maximum Gasteiger partial charge on any atom is 0.223 e. The van der Waals surface area contributed by atoms with Crippen LogP contribution in [0.3, 0.4) is 0 Å². The predicted molar refractivity (Wildman–Crippen MR) is 107 cm³/mol. The average molecular weight is 387 g/mol. The fraction of sp³-hybridized carbons (Fsp3) is 0.500. The van der Waals surface area contributed by atoms with Gasteiger partial charge in [-0.25, -0.2) is 0 Å². The molecule has 7 heteroatoms. The topological polar surface area (TPSA) is 51.4 Å². The van der Waals surface area contributed by atoms with Crippen LogP contribution in [0.1, 0.15) is 25.7 Å². The third-order valence-electron chi connectivity index (χ3n) is 5.43. The second-order valence-corrected chi connectivity index (χ2v) is 7.80. The number of methoxy groups -OCH3 is 1. The summed E-state index contributed by atoms with van der Waals surface area (Å²) in [4.78, 5) is 14.3. The van der Waals surface area contributed by atoms with Gasteiger partial charge < -0.3 is 14.6 Å². The Labute approximate surface area is 164 Å². The molecule has 2 fully saturated rings. The van der Waals surface area contributed by atoms with Gasteiger partial charge in [0.25, 0.3) is 0 Å². The number of aromatic nitrogens is 2. The Morgan fingerprint density at radius 3 is 2.48 bits per heavy atom. The van der Waals surface area contributed by atoms with Crippen LogP contribution in [0, 0.1) is 10.7 Å². The third-order valence-corrected chi connectivity index (χ3v) is 5.86. The predicted octanol–water partition coefficient (Wildman–Crippen LogP) is 2.96.